The lowest BCUT2D eigenvalue weighted by Crippen LogP contribution is -2.09. The lowest BCUT2D eigenvalue weighted by molar-refractivity contribution is 0.768. The van der Waals surface area contributed by atoms with Crippen LogP contribution >= 0.6 is 0 Å². The molecule has 21 heavy (non-hydrogen) atoms. The minimum Gasteiger partial charge on any atom is -0.308 e. The molecule has 0 bridgehead atoms. The van der Waals surface area contributed by atoms with Crippen molar-refractivity contribution in [3.8, 4) is 22.6 Å². The molecule has 2 heterocycles. The van der Waals surface area contributed by atoms with Crippen LogP contribution in [0.25, 0.3) is 22.6 Å². The number of nitrogens with two attached hydrogens (primary N) is 1. The summed E-state index contributed by atoms with van der Waals surface area (Å²) in [5.41, 5.74) is 6.41. The number of hydrazine groups is 1. The summed E-state index contributed by atoms with van der Waals surface area (Å²) in [5, 5.41) is 4.17. The van der Waals surface area contributed by atoms with Gasteiger partial charge in [-0.05, 0) is 13.0 Å². The Morgan fingerprint density at radius 2 is 2.00 bits per heavy atom. The molecular formula is C15H16N6. The third-order valence-corrected chi connectivity index (χ3v) is 3.15. The number of nitrogens with zero attached hydrogens (tertiary/aromatic N) is 4. The number of hydrogen-bond donors (Lipinski definition) is 2. The molecule has 0 atom stereocenters. The Morgan fingerprint density at radius 3 is 2.67 bits per heavy atom. The van der Waals surface area contributed by atoms with E-state index < -0.39 is 0 Å². The van der Waals surface area contributed by atoms with Crippen molar-refractivity contribution in [2.45, 2.75) is 6.92 Å². The fourth-order valence-electron chi connectivity index (χ4n) is 2.14. The molecule has 0 saturated carbocycles. The Bertz CT molecular complexity index is 777. The van der Waals surface area contributed by atoms with Crippen LogP contribution in [0.2, 0.25) is 0 Å². The zero-order valence-corrected chi connectivity index (χ0v) is 11.9. The van der Waals surface area contributed by atoms with Crippen molar-refractivity contribution < 1.29 is 0 Å². The van der Waals surface area contributed by atoms with Crippen LogP contribution in [-0.2, 0) is 7.05 Å². The summed E-state index contributed by atoms with van der Waals surface area (Å²) >= 11 is 0. The summed E-state index contributed by atoms with van der Waals surface area (Å²) in [6.45, 7) is 2.04. The summed E-state index contributed by atoms with van der Waals surface area (Å²) in [7, 11) is 1.87. The van der Waals surface area contributed by atoms with Gasteiger partial charge < -0.3 is 5.43 Å². The minimum atomic E-state index is 0.570. The highest BCUT2D eigenvalue weighted by molar-refractivity contribution is 5.66. The van der Waals surface area contributed by atoms with Gasteiger partial charge in [-0.1, -0.05) is 23.8 Å². The van der Waals surface area contributed by atoms with Gasteiger partial charge in [-0.2, -0.15) is 5.10 Å². The largest absolute Gasteiger partial charge is 0.308 e. The second-order valence-electron chi connectivity index (χ2n) is 4.88. The minimum absolute atomic E-state index is 0.570. The van der Waals surface area contributed by atoms with Crippen LogP contribution in [0.3, 0.4) is 0 Å². The van der Waals surface area contributed by atoms with Crippen molar-refractivity contribution in [3.05, 3.63) is 48.3 Å². The summed E-state index contributed by atoms with van der Waals surface area (Å²) in [6, 6.07) is 9.85. The molecule has 0 aliphatic rings. The molecular weight excluding hydrogens is 264 g/mol. The molecule has 3 aromatic rings. The lowest BCUT2D eigenvalue weighted by Gasteiger charge is -2.07. The van der Waals surface area contributed by atoms with E-state index in [2.05, 4.69) is 20.5 Å². The van der Waals surface area contributed by atoms with Crippen LogP contribution in [0.4, 0.5) is 5.82 Å². The molecule has 6 nitrogen and oxygen atoms in total. The van der Waals surface area contributed by atoms with Crippen molar-refractivity contribution >= 4 is 5.82 Å². The van der Waals surface area contributed by atoms with Gasteiger partial charge >= 0.3 is 0 Å². The molecule has 0 fully saturated rings. The topological polar surface area (TPSA) is 81.6 Å². The molecule has 0 unspecified atom stereocenters. The van der Waals surface area contributed by atoms with E-state index in [1.165, 1.54) is 0 Å². The zero-order valence-electron chi connectivity index (χ0n) is 11.9. The van der Waals surface area contributed by atoms with E-state index in [0.717, 1.165) is 22.4 Å². The summed E-state index contributed by atoms with van der Waals surface area (Å²) < 4.78 is 1.74. The molecule has 1 aromatic carbocycles. The van der Waals surface area contributed by atoms with Crippen molar-refractivity contribution in [2.75, 3.05) is 5.43 Å². The molecule has 0 aliphatic carbocycles. The van der Waals surface area contributed by atoms with Gasteiger partial charge in [0.05, 0.1) is 11.9 Å². The average Bonchev–Trinajstić information content (AvgIpc) is 2.93. The van der Waals surface area contributed by atoms with Gasteiger partial charge in [0.1, 0.15) is 5.82 Å². The highest BCUT2D eigenvalue weighted by atomic mass is 15.3. The number of rotatable bonds is 3. The van der Waals surface area contributed by atoms with Gasteiger partial charge in [0.2, 0.25) is 0 Å². The monoisotopic (exact) mass is 280 g/mol. The van der Waals surface area contributed by atoms with Gasteiger partial charge in [-0.15, -0.1) is 0 Å². The fraction of sp³-hybridized carbons (Fsp3) is 0.133. The predicted molar refractivity (Wildman–Crippen MR) is 82.2 cm³/mol. The number of aromatic nitrogens is 4. The maximum atomic E-state index is 5.52. The first-order valence-electron chi connectivity index (χ1n) is 6.57. The Balaban J connectivity index is 2.13. The van der Waals surface area contributed by atoms with Crippen LogP contribution in [0.15, 0.2) is 42.7 Å². The van der Waals surface area contributed by atoms with Crippen LogP contribution in [0.1, 0.15) is 5.56 Å². The Hall–Kier alpha value is -2.73. The van der Waals surface area contributed by atoms with E-state index in [1.807, 2.05) is 44.4 Å². The number of nitrogen functional groups attached to an aromatic ring is 1. The Kier molecular flexibility index (Phi) is 3.37. The highest BCUT2D eigenvalue weighted by Crippen LogP contribution is 2.24. The number of anilines is 1. The quantitative estimate of drug-likeness (QED) is 0.567. The Morgan fingerprint density at radius 1 is 1.14 bits per heavy atom. The summed E-state index contributed by atoms with van der Waals surface area (Å²) in [6.07, 6.45) is 3.67. The third kappa shape index (κ3) is 2.75. The molecule has 0 aliphatic heterocycles. The van der Waals surface area contributed by atoms with Crippen molar-refractivity contribution in [2.24, 2.45) is 12.9 Å². The first-order valence-corrected chi connectivity index (χ1v) is 6.57. The third-order valence-electron chi connectivity index (χ3n) is 3.15. The van der Waals surface area contributed by atoms with Gasteiger partial charge in [-0.3, -0.25) is 4.68 Å². The SMILES string of the molecule is Cc1cccc(-c2nc(NN)cc(-c3cnn(C)c3)n2)c1. The van der Waals surface area contributed by atoms with Crippen LogP contribution < -0.4 is 11.3 Å². The number of benzene rings is 1. The fourth-order valence-corrected chi connectivity index (χ4v) is 2.14. The van der Waals surface area contributed by atoms with Gasteiger partial charge in [0.25, 0.3) is 0 Å². The van der Waals surface area contributed by atoms with E-state index in [0.29, 0.717) is 11.6 Å². The first-order chi connectivity index (χ1) is 10.2. The zero-order chi connectivity index (χ0) is 14.8. The molecule has 2 aromatic heterocycles. The predicted octanol–water partition coefficient (Wildman–Crippen LogP) is 2.14. The molecule has 0 radical (unpaired) electrons. The summed E-state index contributed by atoms with van der Waals surface area (Å²) in [4.78, 5) is 9.04. The van der Waals surface area contributed by atoms with E-state index in [4.69, 9.17) is 5.84 Å². The van der Waals surface area contributed by atoms with Crippen LogP contribution in [-0.4, -0.2) is 19.7 Å². The second-order valence-corrected chi connectivity index (χ2v) is 4.88. The van der Waals surface area contributed by atoms with Crippen molar-refractivity contribution in [1.29, 1.82) is 0 Å². The summed E-state index contributed by atoms with van der Waals surface area (Å²) in [5.74, 6) is 6.72. The van der Waals surface area contributed by atoms with Crippen LogP contribution in [0.5, 0.6) is 0 Å². The number of hydrogen-bond acceptors (Lipinski definition) is 5. The molecule has 0 amide bonds. The van der Waals surface area contributed by atoms with E-state index in [-0.39, 0.29) is 0 Å². The van der Waals surface area contributed by atoms with Gasteiger partial charge in [-0.25, -0.2) is 15.8 Å². The smallest absolute Gasteiger partial charge is 0.162 e. The van der Waals surface area contributed by atoms with Crippen molar-refractivity contribution in [3.63, 3.8) is 0 Å². The molecule has 3 N–H and O–H groups in total. The normalized spacial score (nSPS) is 10.6. The lowest BCUT2D eigenvalue weighted by atomic mass is 10.1. The van der Waals surface area contributed by atoms with Crippen molar-refractivity contribution in [1.82, 2.24) is 19.7 Å². The molecule has 0 saturated heterocycles. The Labute approximate surface area is 122 Å². The first kappa shape index (κ1) is 13.3. The van der Waals surface area contributed by atoms with E-state index in [1.54, 1.807) is 16.9 Å². The maximum Gasteiger partial charge on any atom is 0.162 e. The van der Waals surface area contributed by atoms with Gasteiger partial charge in [0, 0.05) is 30.4 Å². The highest BCUT2D eigenvalue weighted by Gasteiger charge is 2.09. The van der Waals surface area contributed by atoms with Gasteiger partial charge in [0.15, 0.2) is 5.82 Å². The standard InChI is InChI=1S/C15H16N6/c1-10-4-3-5-11(6-10)15-18-13(7-14(19-15)20-16)12-8-17-21(2)9-12/h3-9H,16H2,1-2H3,(H,18,19,20). The van der Waals surface area contributed by atoms with E-state index in [9.17, 15) is 0 Å². The number of nitrogens with one attached hydrogen (secondary N) is 1. The molecule has 3 rings (SSSR count). The molecule has 0 spiro atoms. The average molecular weight is 280 g/mol. The second kappa shape index (κ2) is 5.34. The maximum absolute atomic E-state index is 5.52. The van der Waals surface area contributed by atoms with Crippen LogP contribution in [0, 0.1) is 6.92 Å². The number of aryl methyl sites for hydroxylation is 2. The van der Waals surface area contributed by atoms with E-state index >= 15 is 0 Å². The molecule has 6 heteroatoms. The molecule has 106 valence electrons.